The highest BCUT2D eigenvalue weighted by atomic mass is 32.2. The van der Waals surface area contributed by atoms with Gasteiger partial charge in [-0.05, 0) is 37.5 Å². The molecule has 0 amide bonds. The fraction of sp³-hybridized carbons (Fsp3) is 0.462. The number of nitrogens with zero attached hydrogens (tertiary/aromatic N) is 1. The van der Waals surface area contributed by atoms with Crippen LogP contribution < -0.4 is 0 Å². The smallest absolute Gasteiger partial charge is 0.245 e. The molecule has 1 aliphatic rings. The van der Waals surface area contributed by atoms with Crippen LogP contribution >= 0.6 is 0 Å². The second-order valence-corrected chi connectivity index (χ2v) is 6.72. The van der Waals surface area contributed by atoms with E-state index < -0.39 is 15.8 Å². The molecule has 0 N–H and O–H groups in total. The van der Waals surface area contributed by atoms with Crippen LogP contribution in [-0.4, -0.2) is 32.1 Å². The number of hydrogen-bond donors (Lipinski definition) is 0. The fourth-order valence-electron chi connectivity index (χ4n) is 2.20. The minimum absolute atomic E-state index is 0.0891. The number of hydrogen-bond acceptors (Lipinski definition) is 3. The van der Waals surface area contributed by atoms with E-state index >= 15 is 0 Å². The van der Waals surface area contributed by atoms with Crippen molar-refractivity contribution in [1.29, 1.82) is 0 Å². The summed E-state index contributed by atoms with van der Waals surface area (Å²) in [6.07, 6.45) is 1.85. The number of carbonyl (C=O) groups excluding carboxylic acids is 1. The number of piperidine rings is 1. The second kappa shape index (κ2) is 5.38. The van der Waals surface area contributed by atoms with Gasteiger partial charge in [0.25, 0.3) is 0 Å². The summed E-state index contributed by atoms with van der Waals surface area (Å²) >= 11 is 0. The van der Waals surface area contributed by atoms with E-state index in [1.807, 2.05) is 0 Å². The Kier molecular flexibility index (Phi) is 4.01. The molecule has 6 heteroatoms. The monoisotopic (exact) mass is 285 g/mol. The third-order valence-corrected chi connectivity index (χ3v) is 5.31. The Morgan fingerprint density at radius 3 is 2.53 bits per heavy atom. The molecule has 1 heterocycles. The maximum Gasteiger partial charge on any atom is 0.245 e. The predicted molar refractivity (Wildman–Crippen MR) is 68.7 cm³/mol. The summed E-state index contributed by atoms with van der Waals surface area (Å²) < 4.78 is 39.7. The van der Waals surface area contributed by atoms with Crippen molar-refractivity contribution in [3.8, 4) is 0 Å². The summed E-state index contributed by atoms with van der Waals surface area (Å²) in [5.74, 6) is -0.822. The molecular formula is C13H16FNO3S. The first-order valence-corrected chi connectivity index (χ1v) is 7.61. The van der Waals surface area contributed by atoms with Gasteiger partial charge >= 0.3 is 0 Å². The van der Waals surface area contributed by atoms with Crippen LogP contribution in [0.3, 0.4) is 0 Å². The first-order chi connectivity index (χ1) is 8.95. The first-order valence-electron chi connectivity index (χ1n) is 6.17. The molecular weight excluding hydrogens is 269 g/mol. The number of benzene rings is 1. The summed E-state index contributed by atoms with van der Waals surface area (Å²) in [6.45, 7) is 2.25. The van der Waals surface area contributed by atoms with Gasteiger partial charge in [0, 0.05) is 19.0 Å². The number of sulfonamides is 1. The number of aldehydes is 1. The van der Waals surface area contributed by atoms with Crippen molar-refractivity contribution in [3.05, 3.63) is 29.6 Å². The lowest BCUT2D eigenvalue weighted by atomic mass is 10.0. The van der Waals surface area contributed by atoms with Gasteiger partial charge in [-0.15, -0.1) is 0 Å². The molecule has 1 fully saturated rings. The largest absolute Gasteiger partial charge is 0.303 e. The normalized spacial score (nSPS) is 18.4. The van der Waals surface area contributed by atoms with Crippen LogP contribution in [0.4, 0.5) is 4.39 Å². The summed E-state index contributed by atoms with van der Waals surface area (Å²) in [5, 5.41) is 0. The molecule has 0 radical (unpaired) electrons. The number of carbonyl (C=O) groups is 1. The highest BCUT2D eigenvalue weighted by Crippen LogP contribution is 2.25. The Morgan fingerprint density at radius 2 is 1.95 bits per heavy atom. The van der Waals surface area contributed by atoms with Gasteiger partial charge in [0.1, 0.15) is 17.0 Å². The van der Waals surface area contributed by atoms with Gasteiger partial charge in [0.2, 0.25) is 10.0 Å². The molecule has 0 bridgehead atoms. The van der Waals surface area contributed by atoms with Crippen LogP contribution in [0.1, 0.15) is 18.4 Å². The van der Waals surface area contributed by atoms with Gasteiger partial charge in [-0.25, -0.2) is 12.8 Å². The van der Waals surface area contributed by atoms with Crippen LogP contribution in [0.25, 0.3) is 0 Å². The average Bonchev–Trinajstić information content (AvgIpc) is 2.41. The van der Waals surface area contributed by atoms with Crippen molar-refractivity contribution in [3.63, 3.8) is 0 Å². The van der Waals surface area contributed by atoms with E-state index in [1.54, 1.807) is 6.92 Å². The second-order valence-electron chi connectivity index (χ2n) is 4.81. The van der Waals surface area contributed by atoms with E-state index in [0.29, 0.717) is 18.4 Å². The Balaban J connectivity index is 2.28. The molecule has 1 aliphatic heterocycles. The van der Waals surface area contributed by atoms with Crippen molar-refractivity contribution in [2.24, 2.45) is 5.92 Å². The van der Waals surface area contributed by atoms with Crippen molar-refractivity contribution >= 4 is 16.3 Å². The Labute approximate surface area is 112 Å². The fourth-order valence-corrected chi connectivity index (χ4v) is 3.82. The van der Waals surface area contributed by atoms with Gasteiger partial charge in [-0.3, -0.25) is 0 Å². The molecule has 0 aromatic heterocycles. The minimum atomic E-state index is -3.80. The number of halogens is 1. The van der Waals surface area contributed by atoms with E-state index in [2.05, 4.69) is 0 Å². The molecule has 0 spiro atoms. The Bertz CT molecular complexity index is 578. The molecule has 4 nitrogen and oxygen atoms in total. The molecule has 1 aromatic carbocycles. The number of rotatable bonds is 3. The zero-order chi connectivity index (χ0) is 14.0. The van der Waals surface area contributed by atoms with Crippen molar-refractivity contribution in [1.82, 2.24) is 4.31 Å². The van der Waals surface area contributed by atoms with Crippen LogP contribution in [-0.2, 0) is 14.8 Å². The molecule has 104 valence electrons. The predicted octanol–water partition coefficient (Wildman–Crippen LogP) is 1.73. The zero-order valence-electron chi connectivity index (χ0n) is 10.7. The highest BCUT2D eigenvalue weighted by Gasteiger charge is 2.31. The van der Waals surface area contributed by atoms with Crippen LogP contribution in [0.2, 0.25) is 0 Å². The van der Waals surface area contributed by atoms with Crippen LogP contribution in [0, 0.1) is 18.7 Å². The summed E-state index contributed by atoms with van der Waals surface area (Å²) in [7, 11) is -3.80. The molecule has 0 atom stereocenters. The van der Waals surface area contributed by atoms with E-state index in [1.165, 1.54) is 22.5 Å². The van der Waals surface area contributed by atoms with Crippen molar-refractivity contribution in [2.75, 3.05) is 13.1 Å². The average molecular weight is 285 g/mol. The number of aryl methyl sites for hydroxylation is 1. The van der Waals surface area contributed by atoms with Gasteiger partial charge in [-0.2, -0.15) is 4.31 Å². The summed E-state index contributed by atoms with van der Waals surface area (Å²) in [4.78, 5) is 10.4. The van der Waals surface area contributed by atoms with E-state index in [4.69, 9.17) is 0 Å². The third kappa shape index (κ3) is 2.84. The molecule has 0 saturated carbocycles. The maximum atomic E-state index is 13.7. The van der Waals surface area contributed by atoms with Gasteiger partial charge in [-0.1, -0.05) is 6.07 Å². The standard InChI is InChI=1S/C13H16FNO3S/c1-10-2-3-12(14)13(8-10)19(17,18)15-6-4-11(9-16)5-7-15/h2-3,8-9,11H,4-7H2,1H3. The van der Waals surface area contributed by atoms with E-state index in [0.717, 1.165) is 6.29 Å². The lowest BCUT2D eigenvalue weighted by Gasteiger charge is -2.28. The SMILES string of the molecule is Cc1ccc(F)c(S(=O)(=O)N2CCC(C=O)CC2)c1. The molecule has 1 saturated heterocycles. The van der Waals surface area contributed by atoms with Gasteiger partial charge in [0.15, 0.2) is 0 Å². The topological polar surface area (TPSA) is 54.5 Å². The Hall–Kier alpha value is -1.27. The summed E-state index contributed by atoms with van der Waals surface area (Å²) in [5.41, 5.74) is 0.697. The minimum Gasteiger partial charge on any atom is -0.303 e. The lowest BCUT2D eigenvalue weighted by molar-refractivity contribution is -0.112. The molecule has 1 aromatic rings. The summed E-state index contributed by atoms with van der Waals surface area (Å²) in [6, 6.07) is 4.05. The zero-order valence-corrected chi connectivity index (χ0v) is 11.5. The first kappa shape index (κ1) is 14.1. The quantitative estimate of drug-likeness (QED) is 0.795. The highest BCUT2D eigenvalue weighted by molar-refractivity contribution is 7.89. The lowest BCUT2D eigenvalue weighted by Crippen LogP contribution is -2.39. The molecule has 2 rings (SSSR count). The van der Waals surface area contributed by atoms with Crippen molar-refractivity contribution < 1.29 is 17.6 Å². The Morgan fingerprint density at radius 1 is 1.32 bits per heavy atom. The van der Waals surface area contributed by atoms with Crippen LogP contribution in [0.15, 0.2) is 23.1 Å². The molecule has 0 aliphatic carbocycles. The van der Waals surface area contributed by atoms with E-state index in [9.17, 15) is 17.6 Å². The van der Waals surface area contributed by atoms with E-state index in [-0.39, 0.29) is 23.9 Å². The van der Waals surface area contributed by atoms with Gasteiger partial charge in [0.05, 0.1) is 0 Å². The van der Waals surface area contributed by atoms with Crippen molar-refractivity contribution in [2.45, 2.75) is 24.7 Å². The molecule has 0 unspecified atom stereocenters. The third-order valence-electron chi connectivity index (χ3n) is 3.40. The maximum absolute atomic E-state index is 13.7. The van der Waals surface area contributed by atoms with Crippen LogP contribution in [0.5, 0.6) is 0 Å². The molecule has 19 heavy (non-hydrogen) atoms. The van der Waals surface area contributed by atoms with Gasteiger partial charge < -0.3 is 4.79 Å².